The van der Waals surface area contributed by atoms with Crippen LogP contribution in [0.1, 0.15) is 53.4 Å². The first-order valence-corrected chi connectivity index (χ1v) is 12.7. The number of ether oxygens (including phenoxy) is 1. The average Bonchev–Trinajstić information content (AvgIpc) is 2.80. The van der Waals surface area contributed by atoms with Gasteiger partial charge in [0.2, 0.25) is 0 Å². The van der Waals surface area contributed by atoms with Crippen molar-refractivity contribution in [2.75, 3.05) is 11.8 Å². The molecule has 0 saturated heterocycles. The van der Waals surface area contributed by atoms with Crippen LogP contribution in [0.2, 0.25) is 0 Å². The van der Waals surface area contributed by atoms with Crippen molar-refractivity contribution >= 4 is 21.6 Å². The van der Waals surface area contributed by atoms with Crippen molar-refractivity contribution in [1.82, 2.24) is 5.32 Å². The monoisotopic (exact) mass is 480 g/mol. The zero-order valence-corrected chi connectivity index (χ0v) is 21.1. The fraction of sp³-hybridized carbons (Fsp3) is 0.296. The molecule has 0 heterocycles. The summed E-state index contributed by atoms with van der Waals surface area (Å²) in [4.78, 5) is 13.4. The van der Waals surface area contributed by atoms with Crippen molar-refractivity contribution in [1.29, 1.82) is 0 Å². The molecule has 2 N–H and O–H groups in total. The summed E-state index contributed by atoms with van der Waals surface area (Å²) in [6.45, 7) is 7.85. The lowest BCUT2D eigenvalue weighted by atomic mass is 9.96. The van der Waals surface area contributed by atoms with E-state index in [0.717, 1.165) is 23.3 Å². The van der Waals surface area contributed by atoms with Crippen LogP contribution in [0.3, 0.4) is 0 Å². The summed E-state index contributed by atoms with van der Waals surface area (Å²) in [7, 11) is -2.16. The maximum absolute atomic E-state index is 13.3. The molecular weight excluding hydrogens is 448 g/mol. The number of carbonyl (C=O) groups is 1. The van der Waals surface area contributed by atoms with E-state index in [1.807, 2.05) is 31.2 Å². The Morgan fingerprint density at radius 1 is 0.941 bits per heavy atom. The highest BCUT2D eigenvalue weighted by Crippen LogP contribution is 2.26. The van der Waals surface area contributed by atoms with Crippen LogP contribution in [0.4, 0.5) is 5.69 Å². The van der Waals surface area contributed by atoms with Crippen molar-refractivity contribution < 1.29 is 17.9 Å². The Labute approximate surface area is 202 Å². The number of nitrogens with one attached hydrogen (secondary N) is 2. The maximum atomic E-state index is 13.3. The number of carbonyl (C=O) groups excluding carboxylic acids is 1. The van der Waals surface area contributed by atoms with Gasteiger partial charge in [0.05, 0.1) is 23.7 Å². The molecule has 1 amide bonds. The molecule has 0 aliphatic carbocycles. The summed E-state index contributed by atoms with van der Waals surface area (Å²) < 4.78 is 33.6. The van der Waals surface area contributed by atoms with Gasteiger partial charge in [-0.25, -0.2) is 8.42 Å². The van der Waals surface area contributed by atoms with Crippen molar-refractivity contribution in [2.45, 2.75) is 45.1 Å². The number of aryl methyl sites for hydroxylation is 1. The van der Waals surface area contributed by atoms with Gasteiger partial charge in [-0.2, -0.15) is 0 Å². The molecule has 180 valence electrons. The zero-order chi connectivity index (χ0) is 24.9. The van der Waals surface area contributed by atoms with Crippen molar-refractivity contribution in [3.05, 3.63) is 89.0 Å². The summed E-state index contributed by atoms with van der Waals surface area (Å²) in [6, 6.07) is 19.1. The standard InChI is InChI=1S/C27H32N2O4S/c1-18(2)17-26(21-11-13-22(33-5)14-12-21)28-27(30)24-7-6-8-25(20(24)4)29-34(31,32)23-15-9-19(3)10-16-23/h6-16,18,26,29H,17H2,1-5H3,(H,28,30)/t26-/m1/s1. The molecule has 1 atom stereocenters. The molecule has 0 aromatic heterocycles. The molecule has 0 radical (unpaired) electrons. The molecule has 3 aromatic rings. The predicted octanol–water partition coefficient (Wildman–Crippen LogP) is 5.63. The van der Waals surface area contributed by atoms with Crippen LogP contribution in [-0.2, 0) is 10.0 Å². The lowest BCUT2D eigenvalue weighted by Gasteiger charge is -2.22. The molecule has 7 heteroatoms. The topological polar surface area (TPSA) is 84.5 Å². The van der Waals surface area contributed by atoms with Crippen LogP contribution in [0.25, 0.3) is 0 Å². The number of methoxy groups -OCH3 is 1. The van der Waals surface area contributed by atoms with E-state index in [2.05, 4.69) is 23.9 Å². The van der Waals surface area contributed by atoms with Gasteiger partial charge in [0.1, 0.15) is 5.75 Å². The molecular formula is C27H32N2O4S. The quantitative estimate of drug-likeness (QED) is 0.416. The molecule has 3 aromatic carbocycles. The van der Waals surface area contributed by atoms with Crippen LogP contribution in [-0.4, -0.2) is 21.4 Å². The minimum Gasteiger partial charge on any atom is -0.497 e. The molecule has 6 nitrogen and oxygen atoms in total. The Morgan fingerprint density at radius 3 is 2.18 bits per heavy atom. The summed E-state index contributed by atoms with van der Waals surface area (Å²) in [5, 5.41) is 3.13. The van der Waals surface area contributed by atoms with Gasteiger partial charge in [0, 0.05) is 5.56 Å². The maximum Gasteiger partial charge on any atom is 0.261 e. The second-order valence-corrected chi connectivity index (χ2v) is 10.5. The molecule has 0 saturated carbocycles. The molecule has 0 aliphatic heterocycles. The Morgan fingerprint density at radius 2 is 1.59 bits per heavy atom. The summed E-state index contributed by atoms with van der Waals surface area (Å²) in [5.74, 6) is 0.860. The zero-order valence-electron chi connectivity index (χ0n) is 20.3. The van der Waals surface area contributed by atoms with E-state index in [1.54, 1.807) is 56.5 Å². The van der Waals surface area contributed by atoms with Gasteiger partial charge in [-0.3, -0.25) is 9.52 Å². The van der Waals surface area contributed by atoms with Gasteiger partial charge in [-0.05, 0) is 73.7 Å². The average molecular weight is 481 g/mol. The number of hydrogen-bond donors (Lipinski definition) is 2. The van der Waals surface area contributed by atoms with Gasteiger partial charge in [0.25, 0.3) is 15.9 Å². The fourth-order valence-corrected chi connectivity index (χ4v) is 4.86. The van der Waals surface area contributed by atoms with Crippen LogP contribution >= 0.6 is 0 Å². The molecule has 34 heavy (non-hydrogen) atoms. The van der Waals surface area contributed by atoms with Gasteiger partial charge in [-0.1, -0.05) is 49.7 Å². The molecule has 0 spiro atoms. The second-order valence-electron chi connectivity index (χ2n) is 8.83. The van der Waals surface area contributed by atoms with Gasteiger partial charge < -0.3 is 10.1 Å². The molecule has 0 bridgehead atoms. The third kappa shape index (κ3) is 6.17. The molecule has 0 unspecified atom stereocenters. The van der Waals surface area contributed by atoms with Crippen molar-refractivity contribution in [2.24, 2.45) is 5.92 Å². The third-order valence-electron chi connectivity index (χ3n) is 5.68. The molecule has 3 rings (SSSR count). The van der Waals surface area contributed by atoms with E-state index in [1.165, 1.54) is 0 Å². The third-order valence-corrected chi connectivity index (χ3v) is 7.07. The van der Waals surface area contributed by atoms with E-state index in [9.17, 15) is 13.2 Å². The Kier molecular flexibility index (Phi) is 7.99. The Bertz CT molecular complexity index is 1230. The fourth-order valence-electron chi connectivity index (χ4n) is 3.74. The summed E-state index contributed by atoms with van der Waals surface area (Å²) in [6.07, 6.45) is 0.761. The number of rotatable bonds is 9. The van der Waals surface area contributed by atoms with E-state index < -0.39 is 10.0 Å². The largest absolute Gasteiger partial charge is 0.497 e. The molecule has 0 fully saturated rings. The van der Waals surface area contributed by atoms with Gasteiger partial charge >= 0.3 is 0 Å². The summed E-state index contributed by atoms with van der Waals surface area (Å²) >= 11 is 0. The van der Waals surface area contributed by atoms with E-state index >= 15 is 0 Å². The highest BCUT2D eigenvalue weighted by atomic mass is 32.2. The number of anilines is 1. The minimum atomic E-state index is -3.78. The number of amides is 1. The van der Waals surface area contributed by atoms with Crippen LogP contribution in [0, 0.1) is 19.8 Å². The van der Waals surface area contributed by atoms with E-state index in [0.29, 0.717) is 22.7 Å². The van der Waals surface area contributed by atoms with E-state index in [4.69, 9.17) is 4.74 Å². The van der Waals surface area contributed by atoms with Crippen LogP contribution < -0.4 is 14.8 Å². The van der Waals surface area contributed by atoms with Crippen LogP contribution in [0.5, 0.6) is 5.75 Å². The second kappa shape index (κ2) is 10.7. The normalized spacial score (nSPS) is 12.3. The number of hydrogen-bond acceptors (Lipinski definition) is 4. The summed E-state index contributed by atoms with van der Waals surface area (Å²) in [5.41, 5.74) is 3.32. The van der Waals surface area contributed by atoms with Crippen LogP contribution in [0.15, 0.2) is 71.6 Å². The predicted molar refractivity (Wildman–Crippen MR) is 136 cm³/mol. The van der Waals surface area contributed by atoms with Gasteiger partial charge in [-0.15, -0.1) is 0 Å². The lowest BCUT2D eigenvalue weighted by molar-refractivity contribution is 0.0931. The Hall–Kier alpha value is -3.32. The lowest BCUT2D eigenvalue weighted by Crippen LogP contribution is -2.30. The molecule has 0 aliphatic rings. The minimum absolute atomic E-state index is 0.170. The Balaban J connectivity index is 1.85. The number of benzene rings is 3. The van der Waals surface area contributed by atoms with Gasteiger partial charge in [0.15, 0.2) is 0 Å². The number of sulfonamides is 1. The first-order chi connectivity index (χ1) is 16.1. The highest BCUT2D eigenvalue weighted by Gasteiger charge is 2.21. The SMILES string of the molecule is COc1ccc([C@@H](CC(C)C)NC(=O)c2cccc(NS(=O)(=O)c3ccc(C)cc3)c2C)cc1. The first-order valence-electron chi connectivity index (χ1n) is 11.2. The van der Waals surface area contributed by atoms with Crippen molar-refractivity contribution in [3.8, 4) is 5.75 Å². The smallest absolute Gasteiger partial charge is 0.261 e. The highest BCUT2D eigenvalue weighted by molar-refractivity contribution is 7.92. The van der Waals surface area contributed by atoms with E-state index in [-0.39, 0.29) is 16.8 Å². The van der Waals surface area contributed by atoms with Crippen molar-refractivity contribution in [3.63, 3.8) is 0 Å². The first kappa shape index (κ1) is 25.3.